The van der Waals surface area contributed by atoms with Gasteiger partial charge in [-0.1, -0.05) is 60.7 Å². The van der Waals surface area contributed by atoms with Crippen molar-refractivity contribution in [1.29, 1.82) is 0 Å². The Kier molecular flexibility index (Phi) is 7.10. The number of hydrogen-bond donors (Lipinski definition) is 4. The predicted octanol–water partition coefficient (Wildman–Crippen LogP) is 1.66. The maximum absolute atomic E-state index is 11.2. The van der Waals surface area contributed by atoms with Gasteiger partial charge in [0, 0.05) is 0 Å². The molecule has 1 aliphatic heterocycles. The van der Waals surface area contributed by atoms with E-state index < -0.39 is 17.5 Å². The maximum atomic E-state index is 11.2. The zero-order chi connectivity index (χ0) is 19.9. The Bertz CT molecular complexity index is 704. The quantitative estimate of drug-likeness (QED) is 0.639. The van der Waals surface area contributed by atoms with E-state index >= 15 is 0 Å². The third-order valence-electron chi connectivity index (χ3n) is 4.93. The molecule has 144 valence electrons. The zero-order valence-electron chi connectivity index (χ0n) is 15.3. The van der Waals surface area contributed by atoms with E-state index in [0.29, 0.717) is 0 Å². The number of carbonyl (C=O) groups excluding carboxylic acids is 1. The van der Waals surface area contributed by atoms with Crippen LogP contribution in [0, 0.1) is 0 Å². The molecule has 0 aromatic heterocycles. The Morgan fingerprint density at radius 3 is 1.85 bits per heavy atom. The molecule has 2 aromatic rings. The monoisotopic (exact) mass is 370 g/mol. The summed E-state index contributed by atoms with van der Waals surface area (Å²) in [5.41, 5.74) is 5.57. The number of carboxylic acids is 1. The first kappa shape index (κ1) is 20.6. The summed E-state index contributed by atoms with van der Waals surface area (Å²) in [5.74, 6) is -1.45. The van der Waals surface area contributed by atoms with Gasteiger partial charge in [-0.15, -0.1) is 0 Å². The fraction of sp³-hybridized carbons (Fsp3) is 0.333. The van der Waals surface area contributed by atoms with Crippen LogP contribution in [-0.4, -0.2) is 40.8 Å². The van der Waals surface area contributed by atoms with Gasteiger partial charge in [0.05, 0.1) is 11.5 Å². The summed E-state index contributed by atoms with van der Waals surface area (Å²) in [4.78, 5) is 21.6. The lowest BCUT2D eigenvalue weighted by atomic mass is 9.72. The highest BCUT2D eigenvalue weighted by molar-refractivity contribution is 5.80. The van der Waals surface area contributed by atoms with Crippen LogP contribution in [0.4, 0.5) is 0 Å². The Labute approximate surface area is 159 Å². The summed E-state index contributed by atoms with van der Waals surface area (Å²) in [6, 6.07) is 18.4. The van der Waals surface area contributed by atoms with E-state index in [1.54, 1.807) is 6.92 Å². The second kappa shape index (κ2) is 9.30. The fourth-order valence-electron chi connectivity index (χ4n) is 3.23. The van der Waals surface area contributed by atoms with Crippen LogP contribution >= 0.6 is 0 Å². The van der Waals surface area contributed by atoms with E-state index in [9.17, 15) is 19.8 Å². The number of hydrogen-bond acceptors (Lipinski definition) is 4. The van der Waals surface area contributed by atoms with Crippen molar-refractivity contribution in [2.75, 3.05) is 6.54 Å². The van der Waals surface area contributed by atoms with Gasteiger partial charge >= 0.3 is 5.97 Å². The second-order valence-electron chi connectivity index (χ2n) is 6.73. The minimum Gasteiger partial charge on any atom is -0.479 e. The maximum Gasteiger partial charge on any atom is 0.333 e. The Morgan fingerprint density at radius 1 is 1.07 bits per heavy atom. The first-order valence-corrected chi connectivity index (χ1v) is 8.92. The van der Waals surface area contributed by atoms with Gasteiger partial charge in [0.15, 0.2) is 6.10 Å². The summed E-state index contributed by atoms with van der Waals surface area (Å²) in [6.45, 7) is 2.68. The lowest BCUT2D eigenvalue weighted by Gasteiger charge is -2.33. The van der Waals surface area contributed by atoms with Crippen molar-refractivity contribution in [2.45, 2.75) is 37.3 Å². The zero-order valence-corrected chi connectivity index (χ0v) is 15.3. The first-order chi connectivity index (χ1) is 12.9. The number of primary amides is 1. The smallest absolute Gasteiger partial charge is 0.333 e. The van der Waals surface area contributed by atoms with Gasteiger partial charge in [-0.3, -0.25) is 4.79 Å². The van der Waals surface area contributed by atoms with E-state index in [1.807, 2.05) is 60.7 Å². The van der Waals surface area contributed by atoms with Gasteiger partial charge < -0.3 is 21.3 Å². The van der Waals surface area contributed by atoms with E-state index in [0.717, 1.165) is 30.5 Å². The van der Waals surface area contributed by atoms with E-state index in [4.69, 9.17) is 5.73 Å². The highest BCUT2D eigenvalue weighted by Crippen LogP contribution is 2.35. The van der Waals surface area contributed by atoms with Crippen LogP contribution in [0.5, 0.6) is 0 Å². The van der Waals surface area contributed by atoms with Gasteiger partial charge in [-0.2, -0.15) is 0 Å². The largest absolute Gasteiger partial charge is 0.479 e. The number of carbonyl (C=O) groups is 2. The molecule has 1 unspecified atom stereocenters. The molecule has 0 spiro atoms. The normalized spacial score (nSPS) is 17.5. The molecule has 3 rings (SSSR count). The van der Waals surface area contributed by atoms with Gasteiger partial charge in [-0.25, -0.2) is 4.79 Å². The molecule has 2 atom stereocenters. The standard InChI is InChI=1S/C16H16O3.C5H10N2O/c1-16(14(17)15(18)19,12-8-4-2-5-9-12)13-10-6-3-7-11-13;6-5(8)4-2-1-3-7-4/h2-11,14,17H,1H3,(H,18,19);4,7H,1-3H2,(H2,6,8)/t;4-/m.0/s1. The number of aliphatic hydroxyl groups is 1. The lowest BCUT2D eigenvalue weighted by molar-refractivity contribution is -0.149. The fourth-order valence-corrected chi connectivity index (χ4v) is 3.23. The molecule has 0 bridgehead atoms. The van der Waals surface area contributed by atoms with Gasteiger partial charge in [-0.05, 0) is 37.4 Å². The Morgan fingerprint density at radius 2 is 1.56 bits per heavy atom. The van der Waals surface area contributed by atoms with Crippen LogP contribution in [0.3, 0.4) is 0 Å². The van der Waals surface area contributed by atoms with Crippen molar-refractivity contribution in [3.8, 4) is 0 Å². The minimum absolute atomic E-state index is 0.0463. The number of aliphatic hydroxyl groups excluding tert-OH is 1. The number of nitrogens with two attached hydrogens (primary N) is 1. The molecule has 0 radical (unpaired) electrons. The van der Waals surface area contributed by atoms with Crippen LogP contribution < -0.4 is 11.1 Å². The second-order valence-corrected chi connectivity index (χ2v) is 6.73. The molecule has 0 saturated carbocycles. The molecule has 1 heterocycles. The summed E-state index contributed by atoms with van der Waals surface area (Å²) in [5, 5.41) is 22.3. The topological polar surface area (TPSA) is 113 Å². The van der Waals surface area contributed by atoms with Gasteiger partial charge in [0.1, 0.15) is 0 Å². The average molecular weight is 370 g/mol. The Hall–Kier alpha value is -2.70. The highest BCUT2D eigenvalue weighted by Gasteiger charge is 2.40. The van der Waals surface area contributed by atoms with Crippen molar-refractivity contribution >= 4 is 11.9 Å². The van der Waals surface area contributed by atoms with E-state index in [1.165, 1.54) is 0 Å². The summed E-state index contributed by atoms with van der Waals surface area (Å²) >= 11 is 0. The number of amides is 1. The Balaban J connectivity index is 0.000000273. The third-order valence-corrected chi connectivity index (χ3v) is 4.93. The van der Waals surface area contributed by atoms with Crippen molar-refractivity contribution in [1.82, 2.24) is 5.32 Å². The van der Waals surface area contributed by atoms with Gasteiger partial charge in [0.25, 0.3) is 0 Å². The molecule has 1 amide bonds. The van der Waals surface area contributed by atoms with Crippen molar-refractivity contribution in [3.63, 3.8) is 0 Å². The molecule has 0 aliphatic carbocycles. The molecule has 27 heavy (non-hydrogen) atoms. The molecular formula is C21H26N2O4. The number of rotatable bonds is 5. The van der Waals surface area contributed by atoms with E-state index in [2.05, 4.69) is 5.32 Å². The lowest BCUT2D eigenvalue weighted by Crippen LogP contribution is -2.43. The van der Waals surface area contributed by atoms with E-state index in [-0.39, 0.29) is 11.9 Å². The first-order valence-electron chi connectivity index (χ1n) is 8.92. The minimum atomic E-state index is -1.50. The van der Waals surface area contributed by atoms with Crippen molar-refractivity contribution in [3.05, 3.63) is 71.8 Å². The highest BCUT2D eigenvalue weighted by atomic mass is 16.4. The molecule has 1 fully saturated rings. The SMILES string of the molecule is CC(c1ccccc1)(c1ccccc1)C(O)C(=O)O.NC(=O)[C@@H]1CCCN1. The van der Waals surface area contributed by atoms with Crippen LogP contribution in [0.25, 0.3) is 0 Å². The summed E-state index contributed by atoms with van der Waals surface area (Å²) in [7, 11) is 0. The van der Waals surface area contributed by atoms with Crippen molar-refractivity contribution in [2.24, 2.45) is 5.73 Å². The van der Waals surface area contributed by atoms with Crippen LogP contribution in [0.15, 0.2) is 60.7 Å². The predicted molar refractivity (Wildman–Crippen MR) is 103 cm³/mol. The molecule has 1 aliphatic rings. The third kappa shape index (κ3) is 4.93. The van der Waals surface area contributed by atoms with Gasteiger partial charge in [0.2, 0.25) is 5.91 Å². The summed E-state index contributed by atoms with van der Waals surface area (Å²) in [6.07, 6.45) is 0.487. The van der Waals surface area contributed by atoms with Crippen LogP contribution in [0.1, 0.15) is 30.9 Å². The van der Waals surface area contributed by atoms with Crippen molar-refractivity contribution < 1.29 is 19.8 Å². The number of nitrogens with one attached hydrogen (secondary N) is 1. The molecule has 5 N–H and O–H groups in total. The molecule has 6 nitrogen and oxygen atoms in total. The number of benzene rings is 2. The molecule has 1 saturated heterocycles. The number of aliphatic carboxylic acids is 1. The molecular weight excluding hydrogens is 344 g/mol. The molecule has 2 aromatic carbocycles. The summed E-state index contributed by atoms with van der Waals surface area (Å²) < 4.78 is 0. The average Bonchev–Trinajstić information content (AvgIpc) is 3.24. The van der Waals surface area contributed by atoms with Crippen LogP contribution in [-0.2, 0) is 15.0 Å². The molecule has 6 heteroatoms. The van der Waals surface area contributed by atoms with Crippen LogP contribution in [0.2, 0.25) is 0 Å². The number of carboxylic acid groups (broad SMARTS) is 1.